The maximum absolute atomic E-state index is 12.9. The van der Waals surface area contributed by atoms with Crippen LogP contribution in [0.2, 0.25) is 0 Å². The Balaban J connectivity index is 1.35. The smallest absolute Gasteiger partial charge is 0.274 e. The second kappa shape index (κ2) is 6.97. The summed E-state index contributed by atoms with van der Waals surface area (Å²) in [6.45, 7) is 7.60. The zero-order chi connectivity index (χ0) is 21.0. The minimum Gasteiger partial charge on any atom is -0.342 e. The molecule has 8 nitrogen and oxygen atoms in total. The van der Waals surface area contributed by atoms with Crippen LogP contribution in [0, 0.1) is 11.8 Å². The van der Waals surface area contributed by atoms with Crippen molar-refractivity contribution in [2.24, 2.45) is 18.9 Å². The molecule has 2 aliphatic rings. The van der Waals surface area contributed by atoms with E-state index in [4.69, 9.17) is 4.98 Å². The molecular formula is C22H26N6O2. The van der Waals surface area contributed by atoms with Gasteiger partial charge in [0.2, 0.25) is 5.95 Å². The minimum absolute atomic E-state index is 0.0963. The highest BCUT2D eigenvalue weighted by Gasteiger charge is 2.43. The van der Waals surface area contributed by atoms with Crippen LogP contribution in [0.5, 0.6) is 0 Å². The van der Waals surface area contributed by atoms with Crippen LogP contribution >= 0.6 is 0 Å². The average molecular weight is 406 g/mol. The molecule has 2 saturated heterocycles. The van der Waals surface area contributed by atoms with Crippen molar-refractivity contribution in [3.8, 4) is 0 Å². The molecule has 8 heteroatoms. The first-order valence-corrected chi connectivity index (χ1v) is 10.5. The molecule has 2 aliphatic heterocycles. The fraction of sp³-hybridized carbons (Fsp3) is 0.455. The van der Waals surface area contributed by atoms with E-state index in [1.54, 1.807) is 7.05 Å². The molecule has 0 radical (unpaired) electrons. The third-order valence-corrected chi connectivity index (χ3v) is 6.33. The number of carbonyl (C=O) groups excluding carboxylic acids is 1. The van der Waals surface area contributed by atoms with Gasteiger partial charge in [0.1, 0.15) is 5.69 Å². The summed E-state index contributed by atoms with van der Waals surface area (Å²) in [4.78, 5) is 33.6. The number of likely N-dealkylation sites (tertiary alicyclic amines) is 1. The molecule has 0 spiro atoms. The van der Waals surface area contributed by atoms with E-state index in [1.165, 1.54) is 16.8 Å². The quantitative estimate of drug-likeness (QED) is 0.664. The van der Waals surface area contributed by atoms with Crippen LogP contribution in [0.15, 0.2) is 41.2 Å². The Labute approximate surface area is 174 Å². The fourth-order valence-electron chi connectivity index (χ4n) is 4.86. The number of carbonyl (C=O) groups is 1. The van der Waals surface area contributed by atoms with Crippen LogP contribution in [0.4, 0.5) is 5.95 Å². The van der Waals surface area contributed by atoms with Crippen LogP contribution in [0.1, 0.15) is 30.4 Å². The number of nitrogens with zero attached hydrogens (tertiary/aromatic N) is 6. The third kappa shape index (κ3) is 2.98. The summed E-state index contributed by atoms with van der Waals surface area (Å²) in [6.07, 6.45) is 0. The Morgan fingerprint density at radius 1 is 1.03 bits per heavy atom. The van der Waals surface area contributed by atoms with Gasteiger partial charge in [0.25, 0.3) is 11.5 Å². The van der Waals surface area contributed by atoms with Crippen molar-refractivity contribution in [1.82, 2.24) is 24.2 Å². The van der Waals surface area contributed by atoms with Gasteiger partial charge in [0.15, 0.2) is 0 Å². The first kappa shape index (κ1) is 18.8. The fourth-order valence-corrected chi connectivity index (χ4v) is 4.86. The summed E-state index contributed by atoms with van der Waals surface area (Å²) in [5, 5.41) is 4.12. The molecule has 4 heterocycles. The highest BCUT2D eigenvalue weighted by molar-refractivity contribution is 5.92. The molecular weight excluding hydrogens is 380 g/mol. The van der Waals surface area contributed by atoms with E-state index in [-0.39, 0.29) is 11.5 Å². The molecule has 156 valence electrons. The number of benzene rings is 1. The van der Waals surface area contributed by atoms with Gasteiger partial charge in [-0.3, -0.25) is 9.59 Å². The predicted octanol–water partition coefficient (Wildman–Crippen LogP) is 1.92. The number of para-hydroxylation sites is 2. The number of aromatic nitrogens is 4. The Morgan fingerprint density at radius 3 is 2.40 bits per heavy atom. The van der Waals surface area contributed by atoms with Crippen molar-refractivity contribution >= 4 is 22.9 Å². The summed E-state index contributed by atoms with van der Waals surface area (Å²) in [5.41, 5.74) is 2.30. The summed E-state index contributed by atoms with van der Waals surface area (Å²) in [7, 11) is 1.57. The maximum atomic E-state index is 12.9. The van der Waals surface area contributed by atoms with Crippen molar-refractivity contribution in [2.45, 2.75) is 19.9 Å². The van der Waals surface area contributed by atoms with Crippen LogP contribution in [-0.2, 0) is 7.05 Å². The lowest BCUT2D eigenvalue weighted by molar-refractivity contribution is 0.0774. The third-order valence-electron chi connectivity index (χ3n) is 6.33. The molecule has 2 atom stereocenters. The number of amides is 1. The molecule has 5 rings (SSSR count). The van der Waals surface area contributed by atoms with E-state index in [9.17, 15) is 9.59 Å². The second-order valence-corrected chi connectivity index (χ2v) is 8.68. The van der Waals surface area contributed by atoms with Gasteiger partial charge in [-0.2, -0.15) is 5.10 Å². The van der Waals surface area contributed by atoms with Crippen molar-refractivity contribution in [1.29, 1.82) is 0 Å². The van der Waals surface area contributed by atoms with Gasteiger partial charge >= 0.3 is 0 Å². The molecule has 2 unspecified atom stereocenters. The van der Waals surface area contributed by atoms with Crippen LogP contribution < -0.4 is 10.5 Å². The molecule has 30 heavy (non-hydrogen) atoms. The molecule has 0 bridgehead atoms. The Morgan fingerprint density at radius 2 is 1.73 bits per heavy atom. The minimum atomic E-state index is -0.214. The lowest BCUT2D eigenvalue weighted by Gasteiger charge is -2.24. The second-order valence-electron chi connectivity index (χ2n) is 8.68. The number of rotatable bonds is 3. The Hall–Kier alpha value is -3.16. The molecule has 0 aliphatic carbocycles. The number of aryl methyl sites for hydroxylation is 1. The largest absolute Gasteiger partial charge is 0.342 e. The van der Waals surface area contributed by atoms with Crippen molar-refractivity contribution in [3.63, 3.8) is 0 Å². The summed E-state index contributed by atoms with van der Waals surface area (Å²) in [5.74, 6) is 1.77. The first-order valence-electron chi connectivity index (χ1n) is 10.5. The standard InChI is InChI=1S/C22H26N6O2/c1-14(2)28-19-7-5-4-6-17(19)23-22(28)27-12-15-10-26(11-16(15)13-27)21(30)18-8-9-20(29)25(3)24-18/h4-9,14-16H,10-13H2,1-3H3. The monoisotopic (exact) mass is 406 g/mol. The van der Waals surface area contributed by atoms with Gasteiger partial charge in [-0.05, 0) is 32.0 Å². The molecule has 2 aromatic heterocycles. The summed E-state index contributed by atoms with van der Waals surface area (Å²) < 4.78 is 3.52. The topological polar surface area (TPSA) is 76.3 Å². The van der Waals surface area contributed by atoms with E-state index in [1.807, 2.05) is 11.0 Å². The normalized spacial score (nSPS) is 21.1. The highest BCUT2D eigenvalue weighted by Crippen LogP contribution is 2.36. The molecule has 0 saturated carbocycles. The highest BCUT2D eigenvalue weighted by atomic mass is 16.2. The van der Waals surface area contributed by atoms with Crippen LogP contribution in [0.25, 0.3) is 11.0 Å². The van der Waals surface area contributed by atoms with Crippen LogP contribution in [0.3, 0.4) is 0 Å². The molecule has 2 fully saturated rings. The Kier molecular flexibility index (Phi) is 4.38. The van der Waals surface area contributed by atoms with Gasteiger partial charge in [0, 0.05) is 57.2 Å². The van der Waals surface area contributed by atoms with Crippen molar-refractivity contribution in [3.05, 3.63) is 52.4 Å². The summed E-state index contributed by atoms with van der Waals surface area (Å²) in [6, 6.07) is 11.5. The van der Waals surface area contributed by atoms with Crippen molar-refractivity contribution < 1.29 is 4.79 Å². The van der Waals surface area contributed by atoms with E-state index in [0.717, 1.165) is 30.1 Å². The van der Waals surface area contributed by atoms with E-state index in [2.05, 4.69) is 46.6 Å². The zero-order valence-corrected chi connectivity index (χ0v) is 17.5. The van der Waals surface area contributed by atoms with Crippen LogP contribution in [-0.4, -0.2) is 56.3 Å². The van der Waals surface area contributed by atoms with Gasteiger partial charge in [-0.25, -0.2) is 9.67 Å². The van der Waals surface area contributed by atoms with E-state index in [0.29, 0.717) is 36.7 Å². The zero-order valence-electron chi connectivity index (χ0n) is 17.5. The molecule has 1 aromatic carbocycles. The SMILES string of the molecule is CC(C)n1c(N2CC3CN(C(=O)c4ccc(=O)n(C)n4)CC3C2)nc2ccccc21. The predicted molar refractivity (Wildman–Crippen MR) is 115 cm³/mol. The Bertz CT molecular complexity index is 1170. The first-order chi connectivity index (χ1) is 14.4. The molecule has 3 aromatic rings. The number of hydrogen-bond donors (Lipinski definition) is 0. The maximum Gasteiger partial charge on any atom is 0.274 e. The number of hydrogen-bond acceptors (Lipinski definition) is 5. The van der Waals surface area contributed by atoms with Gasteiger partial charge in [-0.15, -0.1) is 0 Å². The van der Waals surface area contributed by atoms with E-state index >= 15 is 0 Å². The lowest BCUT2D eigenvalue weighted by atomic mass is 10.0. The van der Waals surface area contributed by atoms with Gasteiger partial charge in [-0.1, -0.05) is 12.1 Å². The number of imidazole rings is 1. The van der Waals surface area contributed by atoms with Crippen molar-refractivity contribution in [2.75, 3.05) is 31.1 Å². The molecule has 0 N–H and O–H groups in total. The number of anilines is 1. The number of fused-ring (bicyclic) bond motifs is 2. The van der Waals surface area contributed by atoms with Gasteiger partial charge < -0.3 is 14.4 Å². The lowest BCUT2D eigenvalue weighted by Crippen LogP contribution is -2.35. The van der Waals surface area contributed by atoms with E-state index < -0.39 is 0 Å². The van der Waals surface area contributed by atoms with Gasteiger partial charge in [0.05, 0.1) is 11.0 Å². The molecule has 1 amide bonds. The average Bonchev–Trinajstić information content (AvgIpc) is 3.39. The summed E-state index contributed by atoms with van der Waals surface area (Å²) >= 11 is 0.